The summed E-state index contributed by atoms with van der Waals surface area (Å²) in [6, 6.07) is 14.8. The minimum absolute atomic E-state index is 0.186. The van der Waals surface area contributed by atoms with E-state index in [4.69, 9.17) is 4.74 Å². The van der Waals surface area contributed by atoms with Crippen molar-refractivity contribution in [1.82, 2.24) is 4.90 Å². The van der Waals surface area contributed by atoms with Crippen LogP contribution in [0, 0.1) is 6.92 Å². The van der Waals surface area contributed by atoms with Gasteiger partial charge in [0, 0.05) is 24.4 Å². The first-order valence-corrected chi connectivity index (χ1v) is 11.5. The van der Waals surface area contributed by atoms with E-state index in [1.807, 2.05) is 40.1 Å². The first-order valence-electron chi connectivity index (χ1n) is 11.5. The number of carbonyl (C=O) groups is 1. The first kappa shape index (κ1) is 25.1. The maximum absolute atomic E-state index is 13.9. The van der Waals surface area contributed by atoms with Crippen LogP contribution in [-0.4, -0.2) is 50.1 Å². The fraction of sp³-hybridized carbons (Fsp3) is 0.519. The Morgan fingerprint density at radius 2 is 1.77 bits per heavy atom. The van der Waals surface area contributed by atoms with Gasteiger partial charge < -0.3 is 10.1 Å². The van der Waals surface area contributed by atoms with Gasteiger partial charge in [-0.3, -0.25) is 9.69 Å². The third kappa shape index (κ3) is 6.18. The van der Waals surface area contributed by atoms with Crippen molar-refractivity contribution in [3.8, 4) is 0 Å². The Hall–Kier alpha value is -2.17. The molecule has 4 heteroatoms. The van der Waals surface area contributed by atoms with E-state index in [1.165, 1.54) is 11.1 Å². The van der Waals surface area contributed by atoms with Crippen LogP contribution in [-0.2, 0) is 11.2 Å². The Bertz CT molecular complexity index is 843. The number of benzene rings is 2. The maximum atomic E-state index is 13.9. The summed E-state index contributed by atoms with van der Waals surface area (Å²) in [6.45, 7) is 12.7. The average molecular weight is 425 g/mol. The molecule has 0 saturated carbocycles. The van der Waals surface area contributed by atoms with Crippen molar-refractivity contribution in [2.45, 2.75) is 58.9 Å². The van der Waals surface area contributed by atoms with Crippen LogP contribution in [0.3, 0.4) is 0 Å². The molecule has 4 nitrogen and oxygen atoms in total. The van der Waals surface area contributed by atoms with Crippen LogP contribution in [0.5, 0.6) is 0 Å². The quantitative estimate of drug-likeness (QED) is 0.350. The first-order chi connectivity index (χ1) is 14.7. The molecule has 1 N–H and O–H groups in total. The summed E-state index contributed by atoms with van der Waals surface area (Å²) >= 11 is 0. The summed E-state index contributed by atoms with van der Waals surface area (Å²) in [5.74, 6) is 0.690. The van der Waals surface area contributed by atoms with E-state index in [2.05, 4.69) is 61.3 Å². The standard InChI is InChI=1S/C27H40N2O2/c1-8-27(29(6)7,19-22-10-12-23(13-11-22)20(3)4)26(30)25-15-14-24(18-21(25)5)28-16-17-31-9-2/h10-15,18,20,28H,8-9,16-17,19H2,1-7H3. The third-order valence-corrected chi connectivity index (χ3v) is 6.26. The summed E-state index contributed by atoms with van der Waals surface area (Å²) in [7, 11) is 4.03. The Kier molecular flexibility index (Phi) is 9.27. The molecule has 0 aliphatic heterocycles. The second kappa shape index (κ2) is 11.4. The molecule has 0 saturated heterocycles. The molecule has 0 spiro atoms. The molecule has 1 unspecified atom stereocenters. The molecule has 170 valence electrons. The van der Waals surface area contributed by atoms with Gasteiger partial charge in [-0.25, -0.2) is 0 Å². The number of likely N-dealkylation sites (N-methyl/N-ethyl adjacent to an activating group) is 1. The molecular formula is C27H40N2O2. The zero-order valence-corrected chi connectivity index (χ0v) is 20.4. The average Bonchev–Trinajstić information content (AvgIpc) is 2.75. The molecule has 0 aromatic heterocycles. The highest BCUT2D eigenvalue weighted by Gasteiger charge is 2.40. The highest BCUT2D eigenvalue weighted by atomic mass is 16.5. The number of hydrogen-bond donors (Lipinski definition) is 1. The lowest BCUT2D eigenvalue weighted by Gasteiger charge is -2.38. The van der Waals surface area contributed by atoms with E-state index >= 15 is 0 Å². The van der Waals surface area contributed by atoms with Crippen LogP contribution >= 0.6 is 0 Å². The van der Waals surface area contributed by atoms with Gasteiger partial charge in [-0.2, -0.15) is 0 Å². The number of carbonyl (C=O) groups excluding carboxylic acids is 1. The summed E-state index contributed by atoms with van der Waals surface area (Å²) < 4.78 is 5.39. The molecule has 2 rings (SSSR count). The molecular weight excluding hydrogens is 384 g/mol. The van der Waals surface area contributed by atoms with E-state index < -0.39 is 5.54 Å². The normalized spacial score (nSPS) is 13.5. The fourth-order valence-corrected chi connectivity index (χ4v) is 4.09. The molecule has 0 radical (unpaired) electrons. The number of rotatable bonds is 12. The van der Waals surface area contributed by atoms with Crippen LogP contribution in [0.4, 0.5) is 5.69 Å². The number of aryl methyl sites for hydroxylation is 1. The molecule has 31 heavy (non-hydrogen) atoms. The SMILES string of the molecule is CCOCCNc1ccc(C(=O)C(CC)(Cc2ccc(C(C)C)cc2)N(C)C)c(C)c1. The maximum Gasteiger partial charge on any atom is 0.183 e. The topological polar surface area (TPSA) is 41.6 Å². The zero-order chi connectivity index (χ0) is 23.0. The third-order valence-electron chi connectivity index (χ3n) is 6.26. The van der Waals surface area contributed by atoms with Crippen molar-refractivity contribution < 1.29 is 9.53 Å². The van der Waals surface area contributed by atoms with Crippen molar-refractivity contribution in [2.24, 2.45) is 0 Å². The van der Waals surface area contributed by atoms with Crippen LogP contribution in [0.2, 0.25) is 0 Å². The van der Waals surface area contributed by atoms with Gasteiger partial charge in [0.1, 0.15) is 0 Å². The van der Waals surface area contributed by atoms with E-state index in [0.717, 1.165) is 36.4 Å². The molecule has 0 bridgehead atoms. The van der Waals surface area contributed by atoms with Crippen molar-refractivity contribution >= 4 is 11.5 Å². The van der Waals surface area contributed by atoms with Crippen LogP contribution in [0.25, 0.3) is 0 Å². The summed E-state index contributed by atoms with van der Waals surface area (Å²) in [5.41, 5.74) is 4.76. The summed E-state index contributed by atoms with van der Waals surface area (Å²) in [4.78, 5) is 16.0. The number of ether oxygens (including phenoxy) is 1. The predicted octanol–water partition coefficient (Wildman–Crippen LogP) is 5.70. The van der Waals surface area contributed by atoms with Gasteiger partial charge in [-0.1, -0.05) is 45.0 Å². The molecule has 2 aromatic carbocycles. The predicted molar refractivity (Wildman–Crippen MR) is 131 cm³/mol. The lowest BCUT2D eigenvalue weighted by atomic mass is 9.79. The number of hydrogen-bond acceptors (Lipinski definition) is 4. The molecule has 2 aromatic rings. The smallest absolute Gasteiger partial charge is 0.183 e. The van der Waals surface area contributed by atoms with Gasteiger partial charge in [-0.15, -0.1) is 0 Å². The molecule has 0 aliphatic carbocycles. The minimum atomic E-state index is -0.575. The Morgan fingerprint density at radius 1 is 1.10 bits per heavy atom. The van der Waals surface area contributed by atoms with Crippen molar-refractivity contribution in [3.63, 3.8) is 0 Å². The Morgan fingerprint density at radius 3 is 2.29 bits per heavy atom. The molecule has 0 amide bonds. The largest absolute Gasteiger partial charge is 0.383 e. The summed E-state index contributed by atoms with van der Waals surface area (Å²) in [5, 5.41) is 3.37. The van der Waals surface area contributed by atoms with E-state index in [9.17, 15) is 4.79 Å². The molecule has 1 atom stereocenters. The Balaban J connectivity index is 2.27. The number of Topliss-reactive ketones (excluding diaryl/α,β-unsaturated/α-hetero) is 1. The van der Waals surface area contributed by atoms with Crippen LogP contribution in [0.1, 0.15) is 67.1 Å². The van der Waals surface area contributed by atoms with E-state index in [1.54, 1.807) is 0 Å². The highest BCUT2D eigenvalue weighted by Crippen LogP contribution is 2.30. The van der Waals surface area contributed by atoms with E-state index in [0.29, 0.717) is 18.9 Å². The highest BCUT2D eigenvalue weighted by molar-refractivity contribution is 6.04. The monoisotopic (exact) mass is 424 g/mol. The van der Waals surface area contributed by atoms with Crippen molar-refractivity contribution in [3.05, 3.63) is 64.7 Å². The minimum Gasteiger partial charge on any atom is -0.383 e. The molecule has 0 heterocycles. The zero-order valence-electron chi connectivity index (χ0n) is 20.4. The number of nitrogens with zero attached hydrogens (tertiary/aromatic N) is 1. The van der Waals surface area contributed by atoms with Crippen molar-refractivity contribution in [1.29, 1.82) is 0 Å². The van der Waals surface area contributed by atoms with Gasteiger partial charge in [0.05, 0.1) is 12.1 Å². The van der Waals surface area contributed by atoms with Gasteiger partial charge >= 0.3 is 0 Å². The fourth-order valence-electron chi connectivity index (χ4n) is 4.09. The number of anilines is 1. The second-order valence-electron chi connectivity index (χ2n) is 8.84. The van der Waals surface area contributed by atoms with Gasteiger partial charge in [0.2, 0.25) is 0 Å². The summed E-state index contributed by atoms with van der Waals surface area (Å²) in [6.07, 6.45) is 1.44. The van der Waals surface area contributed by atoms with E-state index in [-0.39, 0.29) is 5.78 Å². The second-order valence-corrected chi connectivity index (χ2v) is 8.84. The van der Waals surface area contributed by atoms with Crippen LogP contribution < -0.4 is 5.32 Å². The number of nitrogens with one attached hydrogen (secondary N) is 1. The van der Waals surface area contributed by atoms with Gasteiger partial charge in [0.15, 0.2) is 5.78 Å². The molecule has 0 aliphatic rings. The van der Waals surface area contributed by atoms with Crippen LogP contribution in [0.15, 0.2) is 42.5 Å². The lowest BCUT2D eigenvalue weighted by molar-refractivity contribution is 0.0665. The number of ketones is 1. The van der Waals surface area contributed by atoms with Gasteiger partial charge in [-0.05, 0) is 81.6 Å². The Labute approximate surface area is 189 Å². The van der Waals surface area contributed by atoms with Gasteiger partial charge in [0.25, 0.3) is 0 Å². The lowest BCUT2D eigenvalue weighted by Crippen LogP contribution is -2.52. The molecule has 0 fully saturated rings. The van der Waals surface area contributed by atoms with Crippen molar-refractivity contribution in [2.75, 3.05) is 39.2 Å².